The summed E-state index contributed by atoms with van der Waals surface area (Å²) < 4.78 is 19.1. The van der Waals surface area contributed by atoms with Crippen molar-refractivity contribution in [2.75, 3.05) is 25.1 Å². The van der Waals surface area contributed by atoms with E-state index >= 15 is 0 Å². The Morgan fingerprint density at radius 2 is 1.53 bits per heavy atom. The van der Waals surface area contributed by atoms with Gasteiger partial charge in [-0.05, 0) is 60.7 Å². The van der Waals surface area contributed by atoms with Gasteiger partial charge in [0, 0.05) is 18.5 Å². The Kier molecular flexibility index (Phi) is 5.82. The minimum atomic E-state index is -0.949. The van der Waals surface area contributed by atoms with Crippen molar-refractivity contribution in [2.45, 2.75) is 6.10 Å². The molecule has 3 aromatic carbocycles. The summed E-state index contributed by atoms with van der Waals surface area (Å²) in [6.45, 7) is 1.33. The predicted molar refractivity (Wildman–Crippen MR) is 129 cm³/mol. The summed E-state index contributed by atoms with van der Waals surface area (Å²) in [5.74, 6) is 1.95. The number of aromatic carboxylic acids is 1. The molecule has 0 saturated carbocycles. The molecule has 7 heteroatoms. The van der Waals surface area contributed by atoms with Gasteiger partial charge in [0.2, 0.25) is 0 Å². The largest absolute Gasteiger partial charge is 0.497 e. The fourth-order valence-electron chi connectivity index (χ4n) is 4.00. The van der Waals surface area contributed by atoms with E-state index in [9.17, 15) is 9.90 Å². The van der Waals surface area contributed by atoms with Gasteiger partial charge in [-0.15, -0.1) is 0 Å². The highest BCUT2D eigenvalue weighted by atomic mass is 16.5. The SMILES string of the molecule is COc1cccc(Oc2ccc(OC3CN(c4cccc(C(=O)O)c4-n4cccc4)C3)cc2)c1. The van der Waals surface area contributed by atoms with Crippen molar-refractivity contribution < 1.29 is 24.1 Å². The van der Waals surface area contributed by atoms with Crippen LogP contribution in [0.15, 0.2) is 91.3 Å². The standard InChI is InChI=1S/C27H24N2O5/c1-32-21-6-4-7-22(16-21)33-19-10-12-20(13-11-19)34-23-17-29(18-23)25-9-5-8-24(27(30)31)26(25)28-14-2-3-15-28/h2-16,23H,17-18H2,1H3,(H,30,31). The normalized spacial score (nSPS) is 13.3. The first-order valence-corrected chi connectivity index (χ1v) is 10.9. The number of hydrogen-bond donors (Lipinski definition) is 1. The molecular weight excluding hydrogens is 432 g/mol. The number of para-hydroxylation sites is 1. The lowest BCUT2D eigenvalue weighted by Crippen LogP contribution is -2.54. The molecule has 172 valence electrons. The highest BCUT2D eigenvalue weighted by Gasteiger charge is 2.31. The lowest BCUT2D eigenvalue weighted by atomic mass is 10.1. The van der Waals surface area contributed by atoms with E-state index in [-0.39, 0.29) is 11.7 Å². The van der Waals surface area contributed by atoms with Crippen LogP contribution in [0.4, 0.5) is 5.69 Å². The molecule has 7 nitrogen and oxygen atoms in total. The minimum absolute atomic E-state index is 0.0103. The average molecular weight is 456 g/mol. The summed E-state index contributed by atoms with van der Waals surface area (Å²) in [5.41, 5.74) is 1.81. The lowest BCUT2D eigenvalue weighted by Gasteiger charge is -2.41. The zero-order valence-electron chi connectivity index (χ0n) is 18.6. The number of nitrogens with zero attached hydrogens (tertiary/aromatic N) is 2. The Labute approximate surface area is 197 Å². The van der Waals surface area contributed by atoms with E-state index in [1.54, 1.807) is 19.2 Å². The Morgan fingerprint density at radius 3 is 2.24 bits per heavy atom. The van der Waals surface area contributed by atoms with Crippen LogP contribution >= 0.6 is 0 Å². The maximum atomic E-state index is 11.8. The number of carbonyl (C=O) groups is 1. The van der Waals surface area contributed by atoms with Gasteiger partial charge in [0.25, 0.3) is 0 Å². The van der Waals surface area contributed by atoms with Crippen LogP contribution in [0.2, 0.25) is 0 Å². The number of hydrogen-bond acceptors (Lipinski definition) is 5. The fraction of sp³-hybridized carbons (Fsp3) is 0.148. The van der Waals surface area contributed by atoms with Crippen molar-refractivity contribution in [1.29, 1.82) is 0 Å². The van der Waals surface area contributed by atoms with Gasteiger partial charge in [0.1, 0.15) is 29.1 Å². The van der Waals surface area contributed by atoms with Crippen molar-refractivity contribution in [2.24, 2.45) is 0 Å². The average Bonchev–Trinajstić information content (AvgIpc) is 3.36. The van der Waals surface area contributed by atoms with Crippen molar-refractivity contribution in [3.63, 3.8) is 0 Å². The van der Waals surface area contributed by atoms with E-state index in [1.807, 2.05) is 83.7 Å². The van der Waals surface area contributed by atoms with Gasteiger partial charge in [-0.1, -0.05) is 12.1 Å². The molecule has 0 spiro atoms. The molecule has 1 aliphatic heterocycles. The number of benzene rings is 3. The first kappa shape index (κ1) is 21.5. The molecule has 0 radical (unpaired) electrons. The zero-order chi connectivity index (χ0) is 23.5. The minimum Gasteiger partial charge on any atom is -0.497 e. The number of methoxy groups -OCH3 is 1. The quantitative estimate of drug-likeness (QED) is 0.391. The number of carboxylic acids is 1. The molecule has 5 rings (SSSR count). The number of ether oxygens (including phenoxy) is 3. The Balaban J connectivity index is 1.23. The number of carboxylic acid groups (broad SMARTS) is 1. The highest BCUT2D eigenvalue weighted by molar-refractivity contribution is 5.95. The molecule has 0 unspecified atom stereocenters. The lowest BCUT2D eigenvalue weighted by molar-refractivity contribution is 0.0697. The van der Waals surface area contributed by atoms with Crippen LogP contribution in [-0.2, 0) is 0 Å². The molecule has 1 aromatic heterocycles. The van der Waals surface area contributed by atoms with Crippen LogP contribution in [0.1, 0.15) is 10.4 Å². The molecule has 1 aliphatic rings. The van der Waals surface area contributed by atoms with Crippen molar-refractivity contribution in [1.82, 2.24) is 4.57 Å². The molecule has 0 amide bonds. The molecule has 34 heavy (non-hydrogen) atoms. The summed E-state index contributed by atoms with van der Waals surface area (Å²) in [4.78, 5) is 13.9. The van der Waals surface area contributed by atoms with Gasteiger partial charge in [-0.2, -0.15) is 0 Å². The first-order valence-electron chi connectivity index (χ1n) is 10.9. The van der Waals surface area contributed by atoms with Crippen LogP contribution in [0.25, 0.3) is 5.69 Å². The Hall–Kier alpha value is -4.39. The van der Waals surface area contributed by atoms with Gasteiger partial charge < -0.3 is 28.8 Å². The van der Waals surface area contributed by atoms with Crippen LogP contribution in [-0.4, -0.2) is 41.9 Å². The third-order valence-corrected chi connectivity index (χ3v) is 5.70. The summed E-state index contributed by atoms with van der Waals surface area (Å²) in [7, 11) is 1.62. The molecular formula is C27H24N2O5. The van der Waals surface area contributed by atoms with E-state index in [4.69, 9.17) is 14.2 Å². The second-order valence-corrected chi connectivity index (χ2v) is 7.97. The molecule has 0 aliphatic carbocycles. The summed E-state index contributed by atoms with van der Waals surface area (Å²) in [6, 6.07) is 24.1. The van der Waals surface area contributed by atoms with Crippen molar-refractivity contribution >= 4 is 11.7 Å². The first-order chi connectivity index (χ1) is 16.6. The molecule has 0 atom stereocenters. The molecule has 0 bridgehead atoms. The maximum absolute atomic E-state index is 11.8. The van der Waals surface area contributed by atoms with E-state index in [1.165, 1.54) is 0 Å². The summed E-state index contributed by atoms with van der Waals surface area (Å²) in [6.07, 6.45) is 3.72. The number of anilines is 1. The predicted octanol–water partition coefficient (Wildman–Crippen LogP) is 5.24. The maximum Gasteiger partial charge on any atom is 0.337 e. The molecule has 1 N–H and O–H groups in total. The van der Waals surface area contributed by atoms with Crippen LogP contribution in [0, 0.1) is 0 Å². The second-order valence-electron chi connectivity index (χ2n) is 7.97. The van der Waals surface area contributed by atoms with Crippen molar-refractivity contribution in [3.8, 4) is 28.7 Å². The van der Waals surface area contributed by atoms with Gasteiger partial charge in [0.15, 0.2) is 0 Å². The number of rotatable bonds is 8. The van der Waals surface area contributed by atoms with E-state index in [0.717, 1.165) is 17.2 Å². The Morgan fingerprint density at radius 1 is 0.853 bits per heavy atom. The molecule has 2 heterocycles. The fourth-order valence-corrected chi connectivity index (χ4v) is 4.00. The summed E-state index contributed by atoms with van der Waals surface area (Å²) >= 11 is 0. The second kappa shape index (κ2) is 9.23. The number of aromatic nitrogens is 1. The Bertz CT molecular complexity index is 1280. The van der Waals surface area contributed by atoms with Gasteiger partial charge in [-0.25, -0.2) is 4.79 Å². The molecule has 1 saturated heterocycles. The van der Waals surface area contributed by atoms with Crippen molar-refractivity contribution in [3.05, 3.63) is 96.8 Å². The van der Waals surface area contributed by atoms with E-state index in [0.29, 0.717) is 30.3 Å². The highest BCUT2D eigenvalue weighted by Crippen LogP contribution is 2.33. The molecule has 4 aromatic rings. The van der Waals surface area contributed by atoms with Gasteiger partial charge in [-0.3, -0.25) is 0 Å². The molecule has 1 fully saturated rings. The monoisotopic (exact) mass is 456 g/mol. The third kappa shape index (κ3) is 4.41. The van der Waals surface area contributed by atoms with E-state index < -0.39 is 5.97 Å². The van der Waals surface area contributed by atoms with Crippen LogP contribution in [0.5, 0.6) is 23.0 Å². The topological polar surface area (TPSA) is 73.2 Å². The summed E-state index contributed by atoms with van der Waals surface area (Å²) in [5, 5.41) is 9.68. The third-order valence-electron chi connectivity index (χ3n) is 5.70. The van der Waals surface area contributed by atoms with E-state index in [2.05, 4.69) is 4.90 Å². The van der Waals surface area contributed by atoms with Gasteiger partial charge in [0.05, 0.1) is 37.1 Å². The zero-order valence-corrected chi connectivity index (χ0v) is 18.6. The smallest absolute Gasteiger partial charge is 0.337 e. The van der Waals surface area contributed by atoms with Gasteiger partial charge >= 0.3 is 5.97 Å². The van der Waals surface area contributed by atoms with Crippen LogP contribution < -0.4 is 19.1 Å². The van der Waals surface area contributed by atoms with Crippen LogP contribution in [0.3, 0.4) is 0 Å².